The third-order valence-electron chi connectivity index (χ3n) is 19.8. The zero-order valence-corrected chi connectivity index (χ0v) is 52.9. The fourth-order valence-electron chi connectivity index (χ4n) is 15.4. The highest BCUT2D eigenvalue weighted by molar-refractivity contribution is 6.16. The van der Waals surface area contributed by atoms with Crippen LogP contribution in [0.4, 0.5) is 39.8 Å². The second kappa shape index (κ2) is 22.5. The van der Waals surface area contributed by atoms with Crippen LogP contribution in [0.25, 0.3) is 133 Å². The Bertz CT molecular complexity index is 5900. The Labute approximate surface area is 552 Å². The smallest absolute Gasteiger partial charge is 0.0562 e. The molecule has 20 rings (SSSR count). The van der Waals surface area contributed by atoms with Crippen LogP contribution in [0.1, 0.15) is 11.1 Å². The van der Waals surface area contributed by atoms with Crippen molar-refractivity contribution < 1.29 is 0 Å². The summed E-state index contributed by atoms with van der Waals surface area (Å²) in [5.41, 5.74) is 30.9. The van der Waals surface area contributed by atoms with Gasteiger partial charge in [-0.25, -0.2) is 0 Å². The van der Waals surface area contributed by atoms with Crippen molar-refractivity contribution in [3.8, 4) is 55.9 Å². The number of hydrogen-bond donors (Lipinski definition) is 0. The van der Waals surface area contributed by atoms with Gasteiger partial charge in [0.2, 0.25) is 0 Å². The van der Waals surface area contributed by atoms with Crippen molar-refractivity contribution in [1.82, 2.24) is 13.7 Å². The molecule has 6 heteroatoms. The van der Waals surface area contributed by atoms with E-state index in [4.69, 9.17) is 0 Å². The first-order valence-corrected chi connectivity index (χ1v) is 32.7. The van der Waals surface area contributed by atoms with Gasteiger partial charge < -0.3 is 28.4 Å². The number of rotatable bonds is 3. The van der Waals surface area contributed by atoms with Crippen molar-refractivity contribution in [2.75, 3.05) is 28.8 Å². The average molecular weight is 1220 g/mol. The van der Waals surface area contributed by atoms with E-state index in [0.29, 0.717) is 0 Å². The predicted molar refractivity (Wildman–Crippen MR) is 403 cm³/mol. The largest absolute Gasteiger partial charge is 0.344 e. The Morgan fingerprint density at radius 2 is 0.568 bits per heavy atom. The van der Waals surface area contributed by atoms with Crippen LogP contribution < -0.4 is 14.7 Å². The quantitative estimate of drug-likeness (QED) is 0.176. The third-order valence-corrected chi connectivity index (χ3v) is 19.8. The number of hydrogen-bond acceptors (Lipinski definition) is 3. The van der Waals surface area contributed by atoms with Gasteiger partial charge in [-0.3, -0.25) is 0 Å². The fourth-order valence-corrected chi connectivity index (χ4v) is 15.4. The fraction of sp³-hybridized carbons (Fsp3) is 0.0337. The maximum atomic E-state index is 2.40. The van der Waals surface area contributed by atoms with E-state index in [0.717, 1.165) is 0 Å². The monoisotopic (exact) mass is 1220 g/mol. The number of fused-ring (bicyclic) bond motifs is 21. The lowest BCUT2D eigenvalue weighted by atomic mass is 9.94. The standard InChI is InChI=1S/2C31H22N2.C27H20N2/c1-32-28-17-9-7-15-24(28)22-13-5-6-14-23(22)26-20-31-27(19-30(26)32)25-16-8-10-18-29(25)33(31)21-11-3-2-4-12-21;1-32-28-17-9-7-15-24(28)22-13-5-6-14-23(22)26-19-27-25-16-8-10-18-29(25)33(31(27)20-30(26)32)21-11-3-2-4-12-21;1-28-25-14-8-6-12-22(25)23-18-26-20(17-27(23)28)16-15-19-9-5-7-13-24(19)29(26)21-10-3-2-4-11-21/h2*2-20H,1H3;2-18H,1H3. The second-order valence-electron chi connectivity index (χ2n) is 25.0. The van der Waals surface area contributed by atoms with Crippen molar-refractivity contribution in [3.05, 3.63) is 333 Å². The van der Waals surface area contributed by atoms with Gasteiger partial charge in [0.05, 0.1) is 39.1 Å². The molecule has 0 unspecified atom stereocenters. The van der Waals surface area contributed by atoms with Crippen LogP contribution >= 0.6 is 0 Å². The van der Waals surface area contributed by atoms with Gasteiger partial charge >= 0.3 is 0 Å². The first-order chi connectivity index (χ1) is 46.9. The molecular weight excluding hydrogens is 1150 g/mol. The van der Waals surface area contributed by atoms with Gasteiger partial charge in [-0.2, -0.15) is 0 Å². The molecule has 0 N–H and O–H groups in total. The maximum Gasteiger partial charge on any atom is 0.0562 e. The van der Waals surface area contributed by atoms with Crippen molar-refractivity contribution in [3.63, 3.8) is 0 Å². The molecule has 17 aromatic rings. The van der Waals surface area contributed by atoms with Gasteiger partial charge in [0.15, 0.2) is 0 Å². The molecule has 6 heterocycles. The summed E-state index contributed by atoms with van der Waals surface area (Å²) < 4.78 is 7.08. The van der Waals surface area contributed by atoms with E-state index in [1.807, 2.05) is 0 Å². The van der Waals surface area contributed by atoms with E-state index in [9.17, 15) is 0 Å². The highest BCUT2D eigenvalue weighted by Crippen LogP contribution is 2.52. The summed E-state index contributed by atoms with van der Waals surface area (Å²) in [6.45, 7) is 0. The van der Waals surface area contributed by atoms with Crippen LogP contribution in [-0.2, 0) is 7.05 Å². The molecule has 3 aliphatic heterocycles. The van der Waals surface area contributed by atoms with Crippen LogP contribution in [0.2, 0.25) is 0 Å². The molecule has 0 saturated carbocycles. The van der Waals surface area contributed by atoms with Crippen molar-refractivity contribution in [1.29, 1.82) is 0 Å². The van der Waals surface area contributed by atoms with Gasteiger partial charge in [-0.15, -0.1) is 0 Å². The SMILES string of the molecule is CN1c2ccccc2-c2ccccc2-c2cc3c(cc21)c1ccccc1n3-c1ccccc1.CN1c2ccccc2-c2ccccc2-c2cc3c4ccccc4n(-c4ccccc4)c3cc21.Cn1c2ccccc2c2cc3c(cc21)C=Cc1ccccc1N3c1ccccc1. The lowest BCUT2D eigenvalue weighted by Crippen LogP contribution is -2.11. The number of para-hydroxylation sites is 9. The second-order valence-corrected chi connectivity index (χ2v) is 25.0. The molecule has 0 saturated heterocycles. The van der Waals surface area contributed by atoms with Gasteiger partial charge in [0.25, 0.3) is 0 Å². The summed E-state index contributed by atoms with van der Waals surface area (Å²) in [6.07, 6.45) is 4.47. The highest BCUT2D eigenvalue weighted by atomic mass is 15.2. The number of benzene rings is 14. The molecule has 0 aliphatic carbocycles. The first-order valence-electron chi connectivity index (χ1n) is 32.7. The van der Waals surface area contributed by atoms with Crippen molar-refractivity contribution in [2.24, 2.45) is 7.05 Å². The van der Waals surface area contributed by atoms with E-state index in [2.05, 4.69) is 383 Å². The third kappa shape index (κ3) is 8.94. The topological polar surface area (TPSA) is 24.5 Å². The molecule has 0 atom stereocenters. The molecule has 14 aromatic carbocycles. The first kappa shape index (κ1) is 55.5. The zero-order valence-electron chi connectivity index (χ0n) is 52.9. The molecule has 3 aliphatic rings. The highest BCUT2D eigenvalue weighted by Gasteiger charge is 2.28. The number of aromatic nitrogens is 3. The molecule has 95 heavy (non-hydrogen) atoms. The molecule has 3 aromatic heterocycles. The van der Waals surface area contributed by atoms with Crippen LogP contribution in [0.3, 0.4) is 0 Å². The molecule has 6 nitrogen and oxygen atoms in total. The van der Waals surface area contributed by atoms with Crippen LogP contribution in [-0.4, -0.2) is 27.8 Å². The Morgan fingerprint density at radius 3 is 1.13 bits per heavy atom. The number of nitrogens with zero attached hydrogens (tertiary/aromatic N) is 6. The lowest BCUT2D eigenvalue weighted by molar-refractivity contribution is 1.01. The zero-order chi connectivity index (χ0) is 63.3. The summed E-state index contributed by atoms with van der Waals surface area (Å²) in [5.74, 6) is 0. The summed E-state index contributed by atoms with van der Waals surface area (Å²) >= 11 is 0. The van der Waals surface area contributed by atoms with Crippen molar-refractivity contribution >= 4 is 117 Å². The molecule has 0 bridgehead atoms. The summed E-state index contributed by atoms with van der Waals surface area (Å²) in [4.78, 5) is 7.07. The van der Waals surface area contributed by atoms with E-state index in [-0.39, 0.29) is 0 Å². The van der Waals surface area contributed by atoms with Crippen molar-refractivity contribution in [2.45, 2.75) is 0 Å². The van der Waals surface area contributed by atoms with E-state index in [1.165, 1.54) is 172 Å². The van der Waals surface area contributed by atoms with Gasteiger partial charge in [0, 0.05) is 126 Å². The number of anilines is 7. The maximum absolute atomic E-state index is 2.40. The predicted octanol–water partition coefficient (Wildman–Crippen LogP) is 23.7. The van der Waals surface area contributed by atoms with E-state index in [1.54, 1.807) is 0 Å². The van der Waals surface area contributed by atoms with E-state index >= 15 is 0 Å². The number of aryl methyl sites for hydroxylation is 1. The minimum Gasteiger partial charge on any atom is -0.344 e. The van der Waals surface area contributed by atoms with E-state index < -0.39 is 0 Å². The van der Waals surface area contributed by atoms with Gasteiger partial charge in [0.1, 0.15) is 0 Å². The lowest BCUT2D eigenvalue weighted by Gasteiger charge is -2.27. The van der Waals surface area contributed by atoms with Gasteiger partial charge in [-0.05, 0) is 137 Å². The normalized spacial score (nSPS) is 12.5. The van der Waals surface area contributed by atoms with Crippen LogP contribution in [0.15, 0.2) is 322 Å². The Hall–Kier alpha value is -12.4. The molecule has 450 valence electrons. The summed E-state index contributed by atoms with van der Waals surface area (Å²) in [6, 6.07) is 116. The molecule has 0 radical (unpaired) electrons. The summed E-state index contributed by atoms with van der Waals surface area (Å²) in [5, 5.41) is 7.69. The Balaban J connectivity index is 0.000000105. The van der Waals surface area contributed by atoms with Crippen LogP contribution in [0.5, 0.6) is 0 Å². The van der Waals surface area contributed by atoms with Crippen LogP contribution in [0, 0.1) is 0 Å². The van der Waals surface area contributed by atoms with Gasteiger partial charge in [-0.1, -0.05) is 224 Å². The minimum atomic E-state index is 1.17. The molecule has 0 spiro atoms. The summed E-state index contributed by atoms with van der Waals surface area (Å²) in [7, 11) is 6.53. The molecule has 0 amide bonds. The molecule has 0 fully saturated rings. The average Bonchev–Trinajstić information content (AvgIpc) is 1.58. The Morgan fingerprint density at radius 1 is 0.200 bits per heavy atom. The Kier molecular flexibility index (Phi) is 13.1. The molecular formula is C89H64N6. The minimum absolute atomic E-state index is 1.17.